The number of rotatable bonds is 6. The van der Waals surface area contributed by atoms with E-state index >= 15 is 0 Å². The van der Waals surface area contributed by atoms with Gasteiger partial charge in [0.05, 0.1) is 30.0 Å². The largest absolute Gasteiger partial charge is 0.507 e. The van der Waals surface area contributed by atoms with Gasteiger partial charge in [0.15, 0.2) is 0 Å². The molecule has 0 bridgehead atoms. The quantitative estimate of drug-likeness (QED) is 0.559. The molecule has 4 N–H and O–H groups in total. The van der Waals surface area contributed by atoms with E-state index in [1.807, 2.05) is 12.1 Å². The number of hydrogen-bond donors (Lipinski definition) is 3. The minimum absolute atomic E-state index is 0. The summed E-state index contributed by atoms with van der Waals surface area (Å²) in [6.45, 7) is 6.30. The number of phenolic OH excluding ortho intramolecular Hbond substituents is 1. The van der Waals surface area contributed by atoms with Gasteiger partial charge < -0.3 is 25.6 Å². The lowest BCUT2D eigenvalue weighted by atomic mass is 9.88. The van der Waals surface area contributed by atoms with Crippen LogP contribution < -0.4 is 15.8 Å². The highest BCUT2D eigenvalue weighted by Crippen LogP contribution is 2.40. The molecule has 0 amide bonds. The summed E-state index contributed by atoms with van der Waals surface area (Å²) >= 11 is 0. The zero-order chi connectivity index (χ0) is 21.6. The van der Waals surface area contributed by atoms with E-state index in [1.165, 1.54) is 0 Å². The summed E-state index contributed by atoms with van der Waals surface area (Å²) in [7, 11) is 0. The Morgan fingerprint density at radius 2 is 2.09 bits per heavy atom. The van der Waals surface area contributed by atoms with Gasteiger partial charge in [-0.1, -0.05) is 6.07 Å². The molecule has 3 heterocycles. The van der Waals surface area contributed by atoms with Crippen molar-refractivity contribution in [1.82, 2.24) is 15.2 Å². The Morgan fingerprint density at radius 3 is 2.79 bits per heavy atom. The predicted octanol–water partition coefficient (Wildman–Crippen LogP) is 2.93. The average Bonchev–Trinajstić information content (AvgIpc) is 2.80. The fourth-order valence-corrected chi connectivity index (χ4v) is 4.28. The van der Waals surface area contributed by atoms with Gasteiger partial charge in [-0.2, -0.15) is 5.26 Å². The Balaban J connectivity index is 0.00000193. The molecule has 1 atom stereocenters. The third-order valence-corrected chi connectivity index (χ3v) is 5.96. The zero-order valence-corrected chi connectivity index (χ0v) is 20.1. The standard InChI is InChI=1S/C23H29N5O3.2ClH/c24-14-18-17(16-3-2-6-26-15-16)13-19(27-23(18)25)22-20(29)4-1-5-21(22)31-12-9-28-7-10-30-11-8-28;;/h1,4-5,13,16,26,29H,2-3,6-12,15H2,(H2,25,27);2*1H. The molecular weight excluding hydrogens is 465 g/mol. The van der Waals surface area contributed by atoms with Crippen molar-refractivity contribution < 1.29 is 14.6 Å². The molecule has 8 nitrogen and oxygen atoms in total. The summed E-state index contributed by atoms with van der Waals surface area (Å²) in [6, 6.07) is 9.29. The zero-order valence-electron chi connectivity index (χ0n) is 18.5. The number of morpholine rings is 1. The van der Waals surface area contributed by atoms with Crippen molar-refractivity contribution in [3.05, 3.63) is 35.4 Å². The fraction of sp³-hybridized carbons (Fsp3) is 0.478. The number of halogens is 2. The maximum atomic E-state index is 10.6. The van der Waals surface area contributed by atoms with E-state index < -0.39 is 0 Å². The van der Waals surface area contributed by atoms with Crippen molar-refractivity contribution in [2.75, 3.05) is 58.3 Å². The maximum absolute atomic E-state index is 10.6. The number of nitrogens with two attached hydrogens (primary N) is 1. The molecule has 33 heavy (non-hydrogen) atoms. The molecule has 2 aromatic rings. The smallest absolute Gasteiger partial charge is 0.142 e. The van der Waals surface area contributed by atoms with E-state index in [0.29, 0.717) is 29.2 Å². The topological polar surface area (TPSA) is 117 Å². The molecule has 2 aliphatic rings. The summed E-state index contributed by atoms with van der Waals surface area (Å²) in [4.78, 5) is 6.75. The van der Waals surface area contributed by atoms with Crippen LogP contribution in [0.2, 0.25) is 0 Å². The van der Waals surface area contributed by atoms with Crippen molar-refractivity contribution in [3.63, 3.8) is 0 Å². The number of hydrogen-bond acceptors (Lipinski definition) is 8. The van der Waals surface area contributed by atoms with Crippen LogP contribution in [-0.2, 0) is 4.74 Å². The molecule has 1 unspecified atom stereocenters. The van der Waals surface area contributed by atoms with E-state index in [4.69, 9.17) is 15.2 Å². The first kappa shape index (κ1) is 27.0. The number of aromatic hydroxyl groups is 1. The molecule has 0 radical (unpaired) electrons. The molecule has 4 rings (SSSR count). The Kier molecular flexibility index (Phi) is 10.5. The average molecular weight is 496 g/mol. The van der Waals surface area contributed by atoms with Gasteiger partial charge in [-0.05, 0) is 49.1 Å². The van der Waals surface area contributed by atoms with Crippen LogP contribution in [0.25, 0.3) is 11.3 Å². The first-order valence-electron chi connectivity index (χ1n) is 10.8. The monoisotopic (exact) mass is 495 g/mol. The number of nitrogen functional groups attached to an aromatic ring is 1. The normalized spacial score (nSPS) is 18.5. The third kappa shape index (κ3) is 6.40. The van der Waals surface area contributed by atoms with E-state index in [2.05, 4.69) is 21.3 Å². The van der Waals surface area contributed by atoms with Gasteiger partial charge in [0.1, 0.15) is 30.0 Å². The lowest BCUT2D eigenvalue weighted by Crippen LogP contribution is -2.38. The first-order valence-corrected chi connectivity index (χ1v) is 10.8. The van der Waals surface area contributed by atoms with Crippen LogP contribution in [0.4, 0.5) is 5.82 Å². The van der Waals surface area contributed by atoms with E-state index in [-0.39, 0.29) is 42.3 Å². The van der Waals surface area contributed by atoms with Gasteiger partial charge in [0.2, 0.25) is 0 Å². The molecule has 2 aliphatic heterocycles. The van der Waals surface area contributed by atoms with Gasteiger partial charge in [-0.3, -0.25) is 4.90 Å². The minimum Gasteiger partial charge on any atom is -0.507 e. The van der Waals surface area contributed by atoms with Crippen molar-refractivity contribution in [2.24, 2.45) is 0 Å². The lowest BCUT2D eigenvalue weighted by Gasteiger charge is -2.26. The van der Waals surface area contributed by atoms with Crippen LogP contribution in [0, 0.1) is 11.3 Å². The number of anilines is 1. The Hall–Kier alpha value is -2.28. The van der Waals surface area contributed by atoms with Gasteiger partial charge in [-0.15, -0.1) is 24.8 Å². The molecule has 0 saturated carbocycles. The molecule has 180 valence electrons. The molecular formula is C23H31Cl2N5O3. The van der Waals surface area contributed by atoms with Crippen molar-refractivity contribution >= 4 is 30.6 Å². The van der Waals surface area contributed by atoms with Crippen LogP contribution in [0.5, 0.6) is 11.5 Å². The van der Waals surface area contributed by atoms with Gasteiger partial charge in [0, 0.05) is 26.2 Å². The molecule has 0 spiro atoms. The van der Waals surface area contributed by atoms with Gasteiger partial charge in [0.25, 0.3) is 0 Å². The summed E-state index contributed by atoms with van der Waals surface area (Å²) in [6.07, 6.45) is 2.02. The number of nitriles is 1. The minimum atomic E-state index is 0. The second-order valence-electron chi connectivity index (χ2n) is 7.96. The molecule has 10 heteroatoms. The van der Waals surface area contributed by atoms with Crippen LogP contribution in [0.1, 0.15) is 29.9 Å². The number of nitrogens with zero attached hydrogens (tertiary/aromatic N) is 3. The molecule has 2 saturated heterocycles. The van der Waals surface area contributed by atoms with E-state index in [1.54, 1.807) is 12.1 Å². The maximum Gasteiger partial charge on any atom is 0.142 e. The van der Waals surface area contributed by atoms with Crippen molar-refractivity contribution in [3.8, 4) is 28.8 Å². The van der Waals surface area contributed by atoms with Crippen LogP contribution in [0.15, 0.2) is 24.3 Å². The summed E-state index contributed by atoms with van der Waals surface area (Å²) in [5.41, 5.74) is 8.50. The number of phenols is 1. The summed E-state index contributed by atoms with van der Waals surface area (Å²) in [5.74, 6) is 0.998. The highest BCUT2D eigenvalue weighted by atomic mass is 35.5. The number of aromatic nitrogens is 1. The van der Waals surface area contributed by atoms with E-state index in [9.17, 15) is 10.4 Å². The van der Waals surface area contributed by atoms with Crippen LogP contribution in [-0.4, -0.2) is 67.5 Å². The molecule has 1 aromatic heterocycles. The number of piperidine rings is 1. The Bertz CT molecular complexity index is 958. The molecule has 1 aromatic carbocycles. The number of pyridine rings is 1. The Morgan fingerprint density at radius 1 is 1.30 bits per heavy atom. The number of nitrogens with one attached hydrogen (secondary N) is 1. The number of ether oxygens (including phenoxy) is 2. The lowest BCUT2D eigenvalue weighted by molar-refractivity contribution is 0.0323. The number of benzene rings is 1. The Labute approximate surface area is 206 Å². The van der Waals surface area contributed by atoms with Crippen LogP contribution >= 0.6 is 24.8 Å². The molecule has 0 aliphatic carbocycles. The predicted molar refractivity (Wildman–Crippen MR) is 133 cm³/mol. The highest BCUT2D eigenvalue weighted by molar-refractivity contribution is 5.85. The van der Waals surface area contributed by atoms with Gasteiger partial charge in [-0.25, -0.2) is 4.98 Å². The highest BCUT2D eigenvalue weighted by Gasteiger charge is 2.24. The first-order chi connectivity index (χ1) is 15.2. The SMILES string of the molecule is Cl.Cl.N#Cc1c(C2CCCNC2)cc(-c2c(O)cccc2OCCN2CCOCC2)nc1N. The second kappa shape index (κ2) is 12.8. The second-order valence-corrected chi connectivity index (χ2v) is 7.96. The van der Waals surface area contributed by atoms with Crippen LogP contribution in [0.3, 0.4) is 0 Å². The van der Waals surface area contributed by atoms with Gasteiger partial charge >= 0.3 is 0 Å². The van der Waals surface area contributed by atoms with E-state index in [0.717, 1.165) is 64.3 Å². The fourth-order valence-electron chi connectivity index (χ4n) is 4.28. The summed E-state index contributed by atoms with van der Waals surface area (Å²) < 4.78 is 11.4. The van der Waals surface area contributed by atoms with Crippen molar-refractivity contribution in [1.29, 1.82) is 5.26 Å². The summed E-state index contributed by atoms with van der Waals surface area (Å²) in [5, 5.41) is 23.7. The van der Waals surface area contributed by atoms with Crippen molar-refractivity contribution in [2.45, 2.75) is 18.8 Å². The third-order valence-electron chi connectivity index (χ3n) is 5.96. The molecule has 2 fully saturated rings.